The van der Waals surface area contributed by atoms with Crippen LogP contribution in [0.2, 0.25) is 0 Å². The zero-order chi connectivity index (χ0) is 45.1. The number of hydrogen-bond acceptors (Lipinski definition) is 12. The first-order chi connectivity index (χ1) is 31.2. The molecule has 14 nitrogen and oxygen atoms in total. The molecule has 3 aromatic carbocycles. The van der Waals surface area contributed by atoms with E-state index in [1.807, 2.05) is 48.2 Å². The van der Waals surface area contributed by atoms with Gasteiger partial charge in [-0.1, -0.05) is 55.3 Å². The third-order valence-corrected chi connectivity index (χ3v) is 13.0. The van der Waals surface area contributed by atoms with Crippen molar-refractivity contribution in [1.29, 1.82) is 0 Å². The van der Waals surface area contributed by atoms with Gasteiger partial charge in [0.1, 0.15) is 29.0 Å². The van der Waals surface area contributed by atoms with Crippen LogP contribution in [-0.2, 0) is 25.5 Å². The van der Waals surface area contributed by atoms with E-state index in [0.29, 0.717) is 67.5 Å². The van der Waals surface area contributed by atoms with Crippen LogP contribution in [0.25, 0.3) is 0 Å². The number of fused-ring (bicyclic) bond motifs is 2. The lowest BCUT2D eigenvalue weighted by Crippen LogP contribution is -2.70. The first-order valence-corrected chi connectivity index (χ1v) is 22.9. The van der Waals surface area contributed by atoms with E-state index in [0.717, 1.165) is 55.2 Å². The molecular weight excluding hydrogens is 819 g/mol. The molecule has 0 aromatic heterocycles. The maximum atomic E-state index is 15.0. The number of amides is 1. The van der Waals surface area contributed by atoms with Gasteiger partial charge in [0, 0.05) is 50.1 Å². The van der Waals surface area contributed by atoms with E-state index in [-0.39, 0.29) is 62.0 Å². The third-order valence-electron chi connectivity index (χ3n) is 13.0. The number of carbonyl (C=O) groups is 1. The minimum absolute atomic E-state index is 0.00359. The van der Waals surface area contributed by atoms with E-state index in [4.69, 9.17) is 33.7 Å². The fourth-order valence-electron chi connectivity index (χ4n) is 10.2. The molecule has 4 aliphatic rings. The summed E-state index contributed by atoms with van der Waals surface area (Å²) < 4.78 is 32.4. The summed E-state index contributed by atoms with van der Waals surface area (Å²) in [5.41, 5.74) is 3.21. The van der Waals surface area contributed by atoms with Crippen molar-refractivity contribution in [3.63, 3.8) is 0 Å². The number of oxime groups is 1. The molecule has 2 heterocycles. The summed E-state index contributed by atoms with van der Waals surface area (Å²) in [4.78, 5) is 34.4. The number of ether oxygens (including phenoxy) is 5. The fourth-order valence-corrected chi connectivity index (χ4v) is 10.2. The number of aliphatic hydroxyl groups excluding tert-OH is 2. The van der Waals surface area contributed by atoms with Crippen LogP contribution in [0.3, 0.4) is 0 Å². The molecular formula is C50H63N3O11. The number of benzene rings is 3. The molecule has 1 saturated carbocycles. The molecule has 64 heavy (non-hydrogen) atoms. The Morgan fingerprint density at radius 2 is 1.80 bits per heavy atom. The molecule has 344 valence electrons. The summed E-state index contributed by atoms with van der Waals surface area (Å²) >= 11 is 0. The number of rotatable bonds is 22. The predicted molar refractivity (Wildman–Crippen MR) is 242 cm³/mol. The van der Waals surface area contributed by atoms with Gasteiger partial charge in [0.15, 0.2) is 0 Å². The summed E-state index contributed by atoms with van der Waals surface area (Å²) in [5.74, 6) is -0.268. The highest BCUT2D eigenvalue weighted by Gasteiger charge is 2.65. The van der Waals surface area contributed by atoms with Crippen LogP contribution in [0.5, 0.6) is 23.0 Å². The highest BCUT2D eigenvalue weighted by Crippen LogP contribution is 2.62. The molecule has 1 saturated heterocycles. The van der Waals surface area contributed by atoms with Gasteiger partial charge in [-0.05, 0) is 104 Å². The van der Waals surface area contributed by atoms with E-state index >= 15 is 0 Å². The number of nitro groups is 1. The Balaban J connectivity index is 1.43. The Morgan fingerprint density at radius 1 is 1.02 bits per heavy atom. The average molecular weight is 882 g/mol. The Bertz CT molecular complexity index is 2140. The Labute approximate surface area is 376 Å². The van der Waals surface area contributed by atoms with Crippen molar-refractivity contribution in [2.75, 3.05) is 40.1 Å². The zero-order valence-corrected chi connectivity index (χ0v) is 37.1. The number of aliphatic hydroxyl groups is 2. The Morgan fingerprint density at radius 3 is 2.53 bits per heavy atom. The molecule has 7 atom stereocenters. The lowest BCUT2D eigenvalue weighted by molar-refractivity contribution is -0.384. The first kappa shape index (κ1) is 46.7. The van der Waals surface area contributed by atoms with Crippen molar-refractivity contribution >= 4 is 17.3 Å². The van der Waals surface area contributed by atoms with Crippen LogP contribution >= 0.6 is 0 Å². The average Bonchev–Trinajstić information content (AvgIpc) is 3.31. The third kappa shape index (κ3) is 10.5. The normalized spacial score (nSPS) is 25.2. The minimum atomic E-state index is -1.43. The van der Waals surface area contributed by atoms with Crippen molar-refractivity contribution in [3.05, 3.63) is 112 Å². The molecule has 2 aliphatic heterocycles. The van der Waals surface area contributed by atoms with E-state index in [9.17, 15) is 25.1 Å². The van der Waals surface area contributed by atoms with E-state index in [2.05, 4.69) is 12.7 Å². The number of methoxy groups -OCH3 is 1. The molecule has 14 heteroatoms. The SMILES string of the molecule is C=CCO[C@@]12Oc3ccc(Oc4cccc([N+](=O)[O-])c4)cc3[C@H]3[C@H](CCCCO)[C@@H](CCCCO)C=C(C(=NOC4CCCCO4)C[C@@H]1N(CCC)C(=O)Cc1cccc(OC)c1)[C@H]32. The topological polar surface area (TPSA) is 172 Å². The van der Waals surface area contributed by atoms with Crippen molar-refractivity contribution in [2.24, 2.45) is 22.9 Å². The van der Waals surface area contributed by atoms with Crippen LogP contribution in [0.15, 0.2) is 96.2 Å². The van der Waals surface area contributed by atoms with Crippen molar-refractivity contribution < 1.29 is 48.5 Å². The van der Waals surface area contributed by atoms with Gasteiger partial charge in [0.25, 0.3) is 5.69 Å². The molecule has 2 N–H and O–H groups in total. The standard InChI is InChI=1S/C50H63N3O11/c1-4-23-52(46(56)29-34-14-12-17-37(28-34)59-3)45-33-43(51-64-47-20-8-11-27-60-47)41-30-35(15-6-9-24-54)40(19-7-10-25-55)48-42-32-39(62-38-18-13-16-36(31-38)53(57)58)21-22-44(42)63-50(45,49(41)48)61-26-5-2/h5,12-14,16-18,21-22,28,30-32,35,40,45,47-49,54-55H,2,4,6-11,15,19-20,23-27,29,33H2,1,3H3/t35-,40+,45-,47?,48+,49+,50+/m0/s1. The summed E-state index contributed by atoms with van der Waals surface area (Å²) in [7, 11) is 1.61. The largest absolute Gasteiger partial charge is 0.497 e. The van der Waals surface area contributed by atoms with Gasteiger partial charge in [-0.15, -0.1) is 6.58 Å². The van der Waals surface area contributed by atoms with E-state index < -0.39 is 29.0 Å². The number of unbranched alkanes of at least 4 members (excludes halogenated alkanes) is 2. The quantitative estimate of drug-likeness (QED) is 0.0427. The van der Waals surface area contributed by atoms with Crippen LogP contribution < -0.4 is 14.2 Å². The Kier molecular flexibility index (Phi) is 16.1. The lowest BCUT2D eigenvalue weighted by Gasteiger charge is -2.60. The summed E-state index contributed by atoms with van der Waals surface area (Å²) in [6.45, 7) is 7.37. The number of nitrogens with zero attached hydrogens (tertiary/aromatic N) is 3. The van der Waals surface area contributed by atoms with Crippen molar-refractivity contribution in [2.45, 2.75) is 108 Å². The summed E-state index contributed by atoms with van der Waals surface area (Å²) in [5, 5.41) is 36.6. The van der Waals surface area contributed by atoms with E-state index in [1.54, 1.807) is 31.4 Å². The highest BCUT2D eigenvalue weighted by atomic mass is 16.8. The van der Waals surface area contributed by atoms with Crippen LogP contribution in [0.1, 0.15) is 94.6 Å². The van der Waals surface area contributed by atoms with Crippen LogP contribution in [0, 0.1) is 27.9 Å². The fraction of sp³-hybridized carbons (Fsp3) is 0.520. The van der Waals surface area contributed by atoms with Gasteiger partial charge >= 0.3 is 0 Å². The van der Waals surface area contributed by atoms with Crippen molar-refractivity contribution in [1.82, 2.24) is 4.90 Å². The highest BCUT2D eigenvalue weighted by molar-refractivity contribution is 6.03. The van der Waals surface area contributed by atoms with Crippen molar-refractivity contribution in [3.8, 4) is 23.0 Å². The van der Waals surface area contributed by atoms with Gasteiger partial charge in [-0.2, -0.15) is 0 Å². The van der Waals surface area contributed by atoms with Gasteiger partial charge in [-0.25, -0.2) is 0 Å². The van der Waals surface area contributed by atoms with Crippen LogP contribution in [-0.4, -0.2) is 89.9 Å². The molecule has 7 rings (SSSR count). The number of non-ortho nitro benzene ring substituents is 1. The number of carbonyl (C=O) groups excluding carboxylic acids is 1. The number of allylic oxidation sites excluding steroid dienone is 1. The molecule has 0 bridgehead atoms. The zero-order valence-electron chi connectivity index (χ0n) is 37.1. The maximum Gasteiger partial charge on any atom is 0.273 e. The molecule has 1 unspecified atom stereocenters. The van der Waals surface area contributed by atoms with Gasteiger partial charge < -0.3 is 43.6 Å². The molecule has 0 radical (unpaired) electrons. The van der Waals surface area contributed by atoms with Gasteiger partial charge in [0.05, 0.1) is 49.4 Å². The molecule has 2 aliphatic carbocycles. The molecule has 3 aromatic rings. The summed E-state index contributed by atoms with van der Waals surface area (Å²) in [6.07, 6.45) is 11.6. The predicted octanol–water partition coefficient (Wildman–Crippen LogP) is 9.04. The number of hydrogen-bond donors (Lipinski definition) is 2. The van der Waals surface area contributed by atoms with E-state index in [1.165, 1.54) is 12.1 Å². The van der Waals surface area contributed by atoms with Crippen LogP contribution in [0.4, 0.5) is 5.69 Å². The molecule has 0 spiro atoms. The lowest BCUT2D eigenvalue weighted by atomic mass is 9.55. The molecule has 1 amide bonds. The second-order valence-corrected chi connectivity index (χ2v) is 17.1. The van der Waals surface area contributed by atoms with Gasteiger partial charge in [0.2, 0.25) is 18.0 Å². The second kappa shape index (κ2) is 22.1. The second-order valence-electron chi connectivity index (χ2n) is 17.1. The first-order valence-electron chi connectivity index (χ1n) is 22.9. The minimum Gasteiger partial charge on any atom is -0.497 e. The van der Waals surface area contributed by atoms with Gasteiger partial charge in [-0.3, -0.25) is 14.9 Å². The Hall–Kier alpha value is -5.28. The number of nitro benzene ring substituents is 1. The summed E-state index contributed by atoms with van der Waals surface area (Å²) in [6, 6.07) is 18.6. The smallest absolute Gasteiger partial charge is 0.273 e. The monoisotopic (exact) mass is 881 g/mol. The maximum absolute atomic E-state index is 15.0. The molecule has 2 fully saturated rings.